The van der Waals surface area contributed by atoms with Crippen LogP contribution in [0.3, 0.4) is 0 Å². The van der Waals surface area contributed by atoms with Gasteiger partial charge in [0.2, 0.25) is 5.91 Å². The fourth-order valence-electron chi connectivity index (χ4n) is 9.96. The van der Waals surface area contributed by atoms with Gasteiger partial charge in [-0.15, -0.1) is 0 Å². The second kappa shape index (κ2) is 62.9. The van der Waals surface area contributed by atoms with E-state index in [4.69, 9.17) is 9.05 Å². The summed E-state index contributed by atoms with van der Waals surface area (Å²) in [6.45, 7) is 4.56. The van der Waals surface area contributed by atoms with Crippen LogP contribution in [0.4, 0.5) is 0 Å². The second-order valence-electron chi connectivity index (χ2n) is 24.5. The molecule has 0 aromatic heterocycles. The van der Waals surface area contributed by atoms with Gasteiger partial charge in [0.1, 0.15) is 13.2 Å². The Morgan fingerprint density at radius 3 is 1.09 bits per heavy atom. The van der Waals surface area contributed by atoms with Gasteiger partial charge in [-0.25, -0.2) is 0 Å². The number of rotatable bonds is 63. The predicted molar refractivity (Wildman–Crippen MR) is 357 cm³/mol. The monoisotopic (exact) mass is 1160 g/mol. The number of nitrogens with zero attached hydrogens (tertiary/aromatic N) is 1. The smallest absolute Gasteiger partial charge is 0.268 e. The number of allylic oxidation sites excluding steroid dienone is 15. The number of quaternary nitrogens is 1. The number of likely N-dealkylation sites (N-methyl/N-ethyl adjacent to an activating group) is 1. The van der Waals surface area contributed by atoms with Gasteiger partial charge in [0.05, 0.1) is 39.9 Å². The highest BCUT2D eigenvalue weighted by Crippen LogP contribution is 2.38. The van der Waals surface area contributed by atoms with Gasteiger partial charge < -0.3 is 28.8 Å². The average molecular weight is 1170 g/mol. The molecule has 3 atom stereocenters. The molecule has 0 rings (SSSR count). The van der Waals surface area contributed by atoms with Gasteiger partial charge in [0.25, 0.3) is 7.82 Å². The molecule has 0 bridgehead atoms. The third kappa shape index (κ3) is 65.0. The van der Waals surface area contributed by atoms with E-state index in [0.29, 0.717) is 17.4 Å². The summed E-state index contributed by atoms with van der Waals surface area (Å²) in [5.74, 6) is -0.198. The van der Waals surface area contributed by atoms with Crippen molar-refractivity contribution in [1.82, 2.24) is 5.32 Å². The Hall–Kier alpha value is -2.58. The van der Waals surface area contributed by atoms with Crippen LogP contribution in [0.15, 0.2) is 97.2 Å². The number of carbonyl (C=O) groups is 1. The van der Waals surface area contributed by atoms with Gasteiger partial charge in [-0.1, -0.05) is 323 Å². The van der Waals surface area contributed by atoms with E-state index in [1.54, 1.807) is 6.08 Å². The number of carbonyl (C=O) groups excluding carboxylic acids is 1. The predicted octanol–water partition coefficient (Wildman–Crippen LogP) is 21.5. The van der Waals surface area contributed by atoms with Gasteiger partial charge >= 0.3 is 0 Å². The molecule has 2 N–H and O–H groups in total. The third-order valence-electron chi connectivity index (χ3n) is 15.3. The lowest BCUT2D eigenvalue weighted by atomic mass is 10.0. The molecule has 0 aliphatic heterocycles. The molecule has 0 aromatic rings. The van der Waals surface area contributed by atoms with E-state index in [1.807, 2.05) is 27.2 Å². The van der Waals surface area contributed by atoms with Crippen LogP contribution >= 0.6 is 7.82 Å². The van der Waals surface area contributed by atoms with Crippen molar-refractivity contribution in [2.45, 2.75) is 321 Å². The molecule has 8 nitrogen and oxygen atoms in total. The van der Waals surface area contributed by atoms with Crippen LogP contribution in [0.1, 0.15) is 309 Å². The number of aliphatic hydroxyl groups is 1. The van der Waals surface area contributed by atoms with Crippen LogP contribution < -0.4 is 10.2 Å². The first kappa shape index (κ1) is 79.4. The van der Waals surface area contributed by atoms with E-state index in [0.717, 1.165) is 83.5 Å². The molecule has 3 unspecified atom stereocenters. The fourth-order valence-corrected chi connectivity index (χ4v) is 10.7. The minimum absolute atomic E-state index is 0.00385. The van der Waals surface area contributed by atoms with Crippen molar-refractivity contribution < 1.29 is 32.9 Å². The zero-order valence-corrected chi connectivity index (χ0v) is 55.3. The number of hydrogen-bond donors (Lipinski definition) is 2. The van der Waals surface area contributed by atoms with Crippen molar-refractivity contribution in [1.29, 1.82) is 0 Å². The standard InChI is InChI=1S/C73H133N2O6P/c1-6-8-10-12-14-16-18-20-22-24-26-28-30-32-33-34-35-36-37-38-39-40-41-43-45-47-49-51-53-55-57-59-61-63-65-67-73(77)74-71(70-81-82(78,79)80-69-68-75(3,4)5)72(76)66-64-62-60-58-56-54-52-50-48-46-44-42-31-29-27-25-23-21-19-17-15-13-11-9-7-2/h8,10,14,16,20,22,26,28,32-33,35-36,38-39,64,66,71-72,76H,6-7,9,11-13,15,17-19,21,23-25,27,29-31,34,37,40-63,65,67-70H2,1-5H3,(H-,74,77,78,79)/b10-8-,16-14-,22-20-,28-26-,33-32-,36-35-,39-38-,66-64+. The van der Waals surface area contributed by atoms with E-state index in [2.05, 4.69) is 104 Å². The molecule has 0 fully saturated rings. The Labute approximate surface area is 509 Å². The summed E-state index contributed by atoms with van der Waals surface area (Å²) in [6.07, 6.45) is 90.9. The molecule has 1 amide bonds. The van der Waals surface area contributed by atoms with E-state index < -0.39 is 20.0 Å². The highest BCUT2D eigenvalue weighted by Gasteiger charge is 2.23. The topological polar surface area (TPSA) is 108 Å². The third-order valence-corrected chi connectivity index (χ3v) is 16.3. The van der Waals surface area contributed by atoms with Crippen molar-refractivity contribution >= 4 is 13.7 Å². The first-order chi connectivity index (χ1) is 40.0. The number of nitrogens with one attached hydrogen (secondary N) is 1. The van der Waals surface area contributed by atoms with Crippen LogP contribution in [0.25, 0.3) is 0 Å². The number of phosphoric acid groups is 1. The van der Waals surface area contributed by atoms with Gasteiger partial charge in [-0.05, 0) is 77.0 Å². The van der Waals surface area contributed by atoms with Crippen LogP contribution in [-0.4, -0.2) is 68.5 Å². The molecule has 9 heteroatoms. The van der Waals surface area contributed by atoms with Crippen LogP contribution in [0, 0.1) is 0 Å². The Kier molecular flexibility index (Phi) is 61.0. The lowest BCUT2D eigenvalue weighted by molar-refractivity contribution is -0.870. The molecule has 0 aromatic carbocycles. The lowest BCUT2D eigenvalue weighted by Gasteiger charge is -2.29. The van der Waals surface area contributed by atoms with E-state index in [1.165, 1.54) is 205 Å². The number of hydrogen-bond acceptors (Lipinski definition) is 6. The summed E-state index contributed by atoms with van der Waals surface area (Å²) in [6, 6.07) is -0.894. The summed E-state index contributed by atoms with van der Waals surface area (Å²) in [4.78, 5) is 25.6. The van der Waals surface area contributed by atoms with Gasteiger partial charge in [-0.3, -0.25) is 9.36 Å². The molecular formula is C73H133N2O6P. The number of aliphatic hydroxyl groups excluding tert-OH is 1. The number of phosphoric ester groups is 1. The molecule has 0 radical (unpaired) electrons. The van der Waals surface area contributed by atoms with Crippen LogP contribution in [-0.2, 0) is 18.4 Å². The Morgan fingerprint density at radius 2 is 0.744 bits per heavy atom. The minimum Gasteiger partial charge on any atom is -0.756 e. The largest absolute Gasteiger partial charge is 0.756 e. The van der Waals surface area contributed by atoms with Gasteiger partial charge in [-0.2, -0.15) is 0 Å². The second-order valence-corrected chi connectivity index (χ2v) is 25.9. The molecule has 82 heavy (non-hydrogen) atoms. The molecule has 0 aliphatic carbocycles. The van der Waals surface area contributed by atoms with Crippen molar-refractivity contribution in [3.05, 3.63) is 97.2 Å². The van der Waals surface area contributed by atoms with E-state index in [-0.39, 0.29) is 19.1 Å². The minimum atomic E-state index is -4.61. The zero-order chi connectivity index (χ0) is 59.8. The summed E-state index contributed by atoms with van der Waals surface area (Å²) < 4.78 is 23.5. The maximum atomic E-state index is 13.0. The Bertz CT molecular complexity index is 1660. The van der Waals surface area contributed by atoms with Gasteiger partial charge in [0, 0.05) is 6.42 Å². The van der Waals surface area contributed by atoms with Crippen LogP contribution in [0.5, 0.6) is 0 Å². The maximum absolute atomic E-state index is 13.0. The summed E-state index contributed by atoms with van der Waals surface area (Å²) in [5.41, 5.74) is 0. The molecule has 0 saturated heterocycles. The molecular weight excluding hydrogens is 1030 g/mol. The first-order valence-electron chi connectivity index (χ1n) is 34.6. The summed E-state index contributed by atoms with van der Waals surface area (Å²) in [5, 5.41) is 14.0. The first-order valence-corrected chi connectivity index (χ1v) is 36.1. The van der Waals surface area contributed by atoms with Gasteiger partial charge in [0.15, 0.2) is 0 Å². The molecule has 0 aliphatic rings. The van der Waals surface area contributed by atoms with Crippen molar-refractivity contribution in [3.63, 3.8) is 0 Å². The Morgan fingerprint density at radius 1 is 0.439 bits per heavy atom. The van der Waals surface area contributed by atoms with Crippen molar-refractivity contribution in [2.24, 2.45) is 0 Å². The SMILES string of the molecule is CC/C=C\C/C=C\C/C=C\C/C=C\C/C=C\C/C=C\C/C=C\CCCCCCCCCCCCCCCC(=O)NC(COP(=O)([O-])OCC[N+](C)(C)C)C(O)/C=C/CCCCCCCCCCCCCCCCCCCCCCCCC. The highest BCUT2D eigenvalue weighted by atomic mass is 31.2. The summed E-state index contributed by atoms with van der Waals surface area (Å²) >= 11 is 0. The highest BCUT2D eigenvalue weighted by molar-refractivity contribution is 7.45. The molecule has 476 valence electrons. The number of amides is 1. The van der Waals surface area contributed by atoms with Crippen LogP contribution in [0.2, 0.25) is 0 Å². The fraction of sp³-hybridized carbons (Fsp3) is 0.767. The maximum Gasteiger partial charge on any atom is 0.268 e. The lowest BCUT2D eigenvalue weighted by Crippen LogP contribution is -2.45. The normalized spacial score (nSPS) is 14.3. The average Bonchev–Trinajstić information content (AvgIpc) is 3.45. The summed E-state index contributed by atoms with van der Waals surface area (Å²) in [7, 11) is 1.26. The van der Waals surface area contributed by atoms with E-state index >= 15 is 0 Å². The number of unbranched alkanes of at least 4 members (excludes halogenated alkanes) is 36. The molecule has 0 heterocycles. The Balaban J connectivity index is 4.10. The molecule has 0 spiro atoms. The van der Waals surface area contributed by atoms with Crippen molar-refractivity contribution in [2.75, 3.05) is 40.9 Å². The quantitative estimate of drug-likeness (QED) is 0.0272. The zero-order valence-electron chi connectivity index (χ0n) is 54.4. The molecule has 0 saturated carbocycles. The van der Waals surface area contributed by atoms with E-state index in [9.17, 15) is 19.4 Å². The van der Waals surface area contributed by atoms with Crippen molar-refractivity contribution in [3.8, 4) is 0 Å².